The van der Waals surface area contributed by atoms with Crippen molar-refractivity contribution in [2.45, 2.75) is 6.10 Å². The highest BCUT2D eigenvalue weighted by molar-refractivity contribution is 9.10. The summed E-state index contributed by atoms with van der Waals surface area (Å²) in [6.07, 6.45) is 0.825. The van der Waals surface area contributed by atoms with E-state index in [1.165, 1.54) is 6.07 Å². The van der Waals surface area contributed by atoms with Crippen molar-refractivity contribution in [2.75, 3.05) is 0 Å². The number of benzene rings is 2. The lowest BCUT2D eigenvalue weighted by Gasteiger charge is -2.13. The summed E-state index contributed by atoms with van der Waals surface area (Å²) in [6.45, 7) is 0. The Labute approximate surface area is 118 Å². The van der Waals surface area contributed by atoms with Crippen molar-refractivity contribution in [3.05, 3.63) is 70.1 Å². The minimum absolute atomic E-state index is 0.275. The predicted molar refractivity (Wildman–Crippen MR) is 76.5 cm³/mol. The Balaban J connectivity index is 2.13. The Hall–Kier alpha value is -1.65. The number of rotatable bonds is 2. The van der Waals surface area contributed by atoms with Crippen LogP contribution < -0.4 is 0 Å². The van der Waals surface area contributed by atoms with Gasteiger partial charge in [0.25, 0.3) is 0 Å². The zero-order valence-corrected chi connectivity index (χ0v) is 11.5. The van der Waals surface area contributed by atoms with Crippen LogP contribution in [0.4, 0.5) is 4.39 Å². The highest BCUT2D eigenvalue weighted by Crippen LogP contribution is 2.30. The van der Waals surface area contributed by atoms with Gasteiger partial charge in [-0.3, -0.25) is 0 Å². The van der Waals surface area contributed by atoms with Crippen LogP contribution in [0, 0.1) is 5.82 Å². The molecule has 19 heavy (non-hydrogen) atoms. The molecule has 0 bridgehead atoms. The van der Waals surface area contributed by atoms with Gasteiger partial charge in [-0.1, -0.05) is 34.1 Å². The van der Waals surface area contributed by atoms with Crippen LogP contribution >= 0.6 is 15.9 Å². The van der Waals surface area contributed by atoms with Crippen molar-refractivity contribution in [3.8, 4) is 0 Å². The number of hydrogen-bond donors (Lipinski definition) is 2. The number of fused-ring (bicyclic) bond motifs is 1. The first-order valence-electron chi connectivity index (χ1n) is 5.86. The fraction of sp³-hybridized carbons (Fsp3) is 0.0667. The lowest BCUT2D eigenvalue weighted by atomic mass is 9.98. The second kappa shape index (κ2) is 4.79. The molecule has 0 saturated heterocycles. The molecule has 3 aromatic rings. The third-order valence-electron chi connectivity index (χ3n) is 3.18. The topological polar surface area (TPSA) is 36.0 Å². The highest BCUT2D eigenvalue weighted by atomic mass is 79.9. The maximum absolute atomic E-state index is 13.9. The van der Waals surface area contributed by atoms with Crippen molar-refractivity contribution in [3.63, 3.8) is 0 Å². The maximum atomic E-state index is 13.9. The average molecular weight is 320 g/mol. The molecule has 1 aromatic heterocycles. The van der Waals surface area contributed by atoms with Gasteiger partial charge in [0.2, 0.25) is 0 Å². The summed E-state index contributed by atoms with van der Waals surface area (Å²) in [5, 5.41) is 11.3. The summed E-state index contributed by atoms with van der Waals surface area (Å²) in [5.74, 6) is -0.422. The zero-order valence-electron chi connectivity index (χ0n) is 9.90. The predicted octanol–water partition coefficient (Wildman–Crippen LogP) is 4.15. The molecule has 0 radical (unpaired) electrons. The SMILES string of the molecule is OC(c1ccc(Br)cc1F)c1cccc2[nH]ccc12. The van der Waals surface area contributed by atoms with Crippen molar-refractivity contribution >= 4 is 26.8 Å². The molecule has 0 spiro atoms. The third-order valence-corrected chi connectivity index (χ3v) is 3.67. The molecule has 2 nitrogen and oxygen atoms in total. The van der Waals surface area contributed by atoms with E-state index in [-0.39, 0.29) is 5.56 Å². The average Bonchev–Trinajstić information content (AvgIpc) is 2.86. The van der Waals surface area contributed by atoms with E-state index in [1.807, 2.05) is 24.3 Å². The second-order valence-electron chi connectivity index (χ2n) is 4.35. The first-order valence-corrected chi connectivity index (χ1v) is 6.65. The highest BCUT2D eigenvalue weighted by Gasteiger charge is 2.17. The molecule has 0 aliphatic carbocycles. The van der Waals surface area contributed by atoms with Crippen molar-refractivity contribution in [1.29, 1.82) is 0 Å². The van der Waals surface area contributed by atoms with E-state index >= 15 is 0 Å². The molecule has 0 aliphatic rings. The van der Waals surface area contributed by atoms with Gasteiger partial charge in [-0.05, 0) is 29.8 Å². The molecule has 1 unspecified atom stereocenters. The molecule has 0 saturated carbocycles. The van der Waals surface area contributed by atoms with Crippen LogP contribution in [0.1, 0.15) is 17.2 Å². The lowest BCUT2D eigenvalue weighted by molar-refractivity contribution is 0.216. The number of aliphatic hydroxyl groups is 1. The van der Waals surface area contributed by atoms with Crippen LogP contribution in [-0.4, -0.2) is 10.1 Å². The molecular weight excluding hydrogens is 309 g/mol. The Kier molecular flexibility index (Phi) is 3.12. The van der Waals surface area contributed by atoms with Crippen molar-refractivity contribution in [1.82, 2.24) is 4.98 Å². The molecule has 1 heterocycles. The molecule has 2 aromatic carbocycles. The van der Waals surface area contributed by atoms with Gasteiger partial charge in [0, 0.05) is 27.1 Å². The number of nitrogens with one attached hydrogen (secondary N) is 1. The fourth-order valence-electron chi connectivity index (χ4n) is 2.24. The molecular formula is C15H11BrFNO. The van der Waals surface area contributed by atoms with E-state index in [0.717, 1.165) is 10.9 Å². The molecule has 4 heteroatoms. The number of H-pyrrole nitrogens is 1. The molecule has 0 amide bonds. The van der Waals surface area contributed by atoms with Crippen molar-refractivity contribution in [2.24, 2.45) is 0 Å². The lowest BCUT2D eigenvalue weighted by Crippen LogP contribution is -2.03. The van der Waals surface area contributed by atoms with Gasteiger partial charge in [0.05, 0.1) is 0 Å². The molecule has 0 aliphatic heterocycles. The van der Waals surface area contributed by atoms with E-state index in [2.05, 4.69) is 20.9 Å². The van der Waals surface area contributed by atoms with Crippen LogP contribution in [0.25, 0.3) is 10.9 Å². The first kappa shape index (κ1) is 12.4. The Morgan fingerprint density at radius 3 is 2.74 bits per heavy atom. The number of halogens is 2. The fourth-order valence-corrected chi connectivity index (χ4v) is 2.57. The first-order chi connectivity index (χ1) is 9.16. The normalized spacial score (nSPS) is 12.8. The summed E-state index contributed by atoms with van der Waals surface area (Å²) >= 11 is 3.21. The second-order valence-corrected chi connectivity index (χ2v) is 5.27. The molecule has 0 fully saturated rings. The molecule has 3 rings (SSSR count). The standard InChI is InChI=1S/C15H11BrFNO/c16-9-4-5-12(13(17)8-9)15(19)11-2-1-3-14-10(11)6-7-18-14/h1-8,15,18-19H. The van der Waals surface area contributed by atoms with E-state index in [4.69, 9.17) is 0 Å². The number of aromatic amines is 1. The van der Waals surface area contributed by atoms with E-state index in [0.29, 0.717) is 10.0 Å². The van der Waals surface area contributed by atoms with Gasteiger partial charge in [-0.25, -0.2) is 4.39 Å². The number of aromatic nitrogens is 1. The number of hydrogen-bond acceptors (Lipinski definition) is 1. The van der Waals surface area contributed by atoms with Crippen LogP contribution in [0.15, 0.2) is 53.1 Å². The summed E-state index contributed by atoms with van der Waals surface area (Å²) in [5.41, 5.74) is 1.89. The summed E-state index contributed by atoms with van der Waals surface area (Å²) in [6, 6.07) is 12.1. The van der Waals surface area contributed by atoms with Gasteiger partial charge in [-0.15, -0.1) is 0 Å². The largest absolute Gasteiger partial charge is 0.384 e. The number of aliphatic hydroxyl groups excluding tert-OH is 1. The van der Waals surface area contributed by atoms with Crippen LogP contribution in [-0.2, 0) is 0 Å². The van der Waals surface area contributed by atoms with Gasteiger partial charge in [0.1, 0.15) is 11.9 Å². The zero-order chi connectivity index (χ0) is 13.4. The Morgan fingerprint density at radius 1 is 1.11 bits per heavy atom. The van der Waals surface area contributed by atoms with Crippen LogP contribution in [0.3, 0.4) is 0 Å². The third kappa shape index (κ3) is 2.17. The summed E-state index contributed by atoms with van der Waals surface area (Å²) < 4.78 is 14.6. The smallest absolute Gasteiger partial charge is 0.130 e. The van der Waals surface area contributed by atoms with Crippen molar-refractivity contribution < 1.29 is 9.50 Å². The van der Waals surface area contributed by atoms with Gasteiger partial charge >= 0.3 is 0 Å². The van der Waals surface area contributed by atoms with Gasteiger partial charge in [-0.2, -0.15) is 0 Å². The van der Waals surface area contributed by atoms with Crippen LogP contribution in [0.2, 0.25) is 0 Å². The quantitative estimate of drug-likeness (QED) is 0.731. The molecule has 96 valence electrons. The minimum Gasteiger partial charge on any atom is -0.384 e. The van der Waals surface area contributed by atoms with Crippen LogP contribution in [0.5, 0.6) is 0 Å². The summed E-state index contributed by atoms with van der Waals surface area (Å²) in [4.78, 5) is 3.08. The van der Waals surface area contributed by atoms with Gasteiger partial charge < -0.3 is 10.1 Å². The Bertz CT molecular complexity index is 738. The van der Waals surface area contributed by atoms with E-state index in [9.17, 15) is 9.50 Å². The summed E-state index contributed by atoms with van der Waals surface area (Å²) in [7, 11) is 0. The molecule has 2 N–H and O–H groups in total. The minimum atomic E-state index is -0.979. The monoisotopic (exact) mass is 319 g/mol. The van der Waals surface area contributed by atoms with E-state index in [1.54, 1.807) is 18.3 Å². The molecule has 1 atom stereocenters. The van der Waals surface area contributed by atoms with E-state index < -0.39 is 11.9 Å². The van der Waals surface area contributed by atoms with Gasteiger partial charge in [0.15, 0.2) is 0 Å². The Morgan fingerprint density at radius 2 is 1.95 bits per heavy atom. The maximum Gasteiger partial charge on any atom is 0.130 e.